The van der Waals surface area contributed by atoms with Crippen LogP contribution in [0.1, 0.15) is 73.4 Å². The fraction of sp³-hybridized carbons (Fsp3) is 0.438. The Balaban J connectivity index is 1.56. The normalized spacial score (nSPS) is 16.9. The molecule has 0 unspecified atom stereocenters. The molecule has 0 bridgehead atoms. The second kappa shape index (κ2) is 10.9. The number of aryl methyl sites for hydroxylation is 3. The van der Waals surface area contributed by atoms with Crippen molar-refractivity contribution in [1.82, 2.24) is 24.9 Å². The summed E-state index contributed by atoms with van der Waals surface area (Å²) < 4.78 is 8.10. The van der Waals surface area contributed by atoms with Crippen LogP contribution in [0.5, 0.6) is 5.75 Å². The molecular formula is C32H38ClN5O2. The number of Topliss-reactive ketones (excluding diaryl/α,β-unsaturated/α-hetero) is 1. The third-order valence-corrected chi connectivity index (χ3v) is 8.84. The van der Waals surface area contributed by atoms with Crippen molar-refractivity contribution in [3.63, 3.8) is 0 Å². The summed E-state index contributed by atoms with van der Waals surface area (Å²) in [4.78, 5) is 19.8. The van der Waals surface area contributed by atoms with E-state index in [9.17, 15) is 4.79 Å². The van der Waals surface area contributed by atoms with Gasteiger partial charge in [-0.3, -0.25) is 9.69 Å². The molecule has 3 heterocycles. The standard InChI is InChI=1S/C32H38ClN5O2/c1-8-25-18-38(17-24-15-34-29(33)14-28(24)40-25)16-23-13-22(10-9-19(23)2)30(32(5,6)21(4)39)26-11-12-27-31(20(26)3)35-36-37(27)7/h9-15,25,30H,8,16-18H2,1-7H3/t25-,30+/m1/s1. The molecule has 0 amide bonds. The summed E-state index contributed by atoms with van der Waals surface area (Å²) >= 11 is 6.17. The van der Waals surface area contributed by atoms with E-state index >= 15 is 0 Å². The largest absolute Gasteiger partial charge is 0.489 e. The molecule has 0 spiro atoms. The number of benzene rings is 2. The lowest BCUT2D eigenvalue weighted by molar-refractivity contribution is -0.125. The van der Waals surface area contributed by atoms with Gasteiger partial charge < -0.3 is 4.74 Å². The maximum absolute atomic E-state index is 13.1. The summed E-state index contributed by atoms with van der Waals surface area (Å²) in [6.07, 6.45) is 2.78. The van der Waals surface area contributed by atoms with Crippen LogP contribution < -0.4 is 4.74 Å². The molecule has 4 aromatic rings. The maximum atomic E-state index is 13.1. The Morgan fingerprint density at radius 2 is 1.98 bits per heavy atom. The Labute approximate surface area is 241 Å². The molecule has 7 nitrogen and oxygen atoms in total. The maximum Gasteiger partial charge on any atom is 0.136 e. The van der Waals surface area contributed by atoms with Gasteiger partial charge in [0.15, 0.2) is 0 Å². The van der Waals surface area contributed by atoms with Gasteiger partial charge in [0.05, 0.1) is 5.52 Å². The highest BCUT2D eigenvalue weighted by atomic mass is 35.5. The second-order valence-corrected chi connectivity index (χ2v) is 12.1. The minimum atomic E-state index is -0.624. The number of ether oxygens (including phenoxy) is 1. The number of carbonyl (C=O) groups is 1. The monoisotopic (exact) mass is 559 g/mol. The van der Waals surface area contributed by atoms with Gasteiger partial charge in [-0.05, 0) is 61.1 Å². The van der Waals surface area contributed by atoms with Gasteiger partial charge in [-0.1, -0.05) is 61.9 Å². The highest BCUT2D eigenvalue weighted by Crippen LogP contribution is 2.44. The highest BCUT2D eigenvalue weighted by Gasteiger charge is 2.38. The molecule has 40 heavy (non-hydrogen) atoms. The number of rotatable bonds is 7. The number of halogens is 1. The van der Waals surface area contributed by atoms with Gasteiger partial charge in [0.1, 0.15) is 28.3 Å². The van der Waals surface area contributed by atoms with Crippen LogP contribution in [0.4, 0.5) is 0 Å². The molecule has 2 aromatic heterocycles. The number of pyridine rings is 1. The smallest absolute Gasteiger partial charge is 0.136 e. The summed E-state index contributed by atoms with van der Waals surface area (Å²) in [5.74, 6) is 0.827. The number of aromatic nitrogens is 4. The third kappa shape index (κ3) is 5.25. The Morgan fingerprint density at radius 1 is 1.20 bits per heavy atom. The zero-order valence-electron chi connectivity index (χ0n) is 24.5. The molecule has 1 aliphatic heterocycles. The minimum absolute atomic E-state index is 0.0639. The fourth-order valence-electron chi connectivity index (χ4n) is 5.84. The van der Waals surface area contributed by atoms with Crippen molar-refractivity contribution in [3.8, 4) is 5.75 Å². The molecular weight excluding hydrogens is 522 g/mol. The molecule has 0 aliphatic carbocycles. The van der Waals surface area contributed by atoms with Crippen molar-refractivity contribution < 1.29 is 9.53 Å². The Bertz CT molecular complexity index is 1580. The van der Waals surface area contributed by atoms with Crippen LogP contribution in [0.3, 0.4) is 0 Å². The van der Waals surface area contributed by atoms with Gasteiger partial charge in [-0.25, -0.2) is 9.67 Å². The number of carbonyl (C=O) groups excluding carboxylic acids is 1. The van der Waals surface area contributed by atoms with Crippen LogP contribution in [-0.2, 0) is 24.9 Å². The molecule has 0 saturated carbocycles. The van der Waals surface area contributed by atoms with Crippen molar-refractivity contribution in [2.45, 2.75) is 73.1 Å². The first-order valence-electron chi connectivity index (χ1n) is 13.9. The van der Waals surface area contributed by atoms with Gasteiger partial charge in [-0.2, -0.15) is 0 Å². The molecule has 0 fully saturated rings. The SMILES string of the molecule is CC[C@@H]1CN(Cc2cc([C@@H](c3ccc4c(nnn4C)c3C)C(C)(C)C(C)=O)ccc2C)Cc2cnc(Cl)cc2O1. The van der Waals surface area contributed by atoms with Gasteiger partial charge >= 0.3 is 0 Å². The number of nitrogens with zero attached hydrogens (tertiary/aromatic N) is 5. The first kappa shape index (κ1) is 28.2. The number of fused-ring (bicyclic) bond motifs is 2. The summed E-state index contributed by atoms with van der Waals surface area (Å²) in [5, 5.41) is 9.11. The zero-order chi connectivity index (χ0) is 28.8. The van der Waals surface area contributed by atoms with Gasteiger partial charge in [0, 0.05) is 55.8 Å². The average molecular weight is 560 g/mol. The van der Waals surface area contributed by atoms with Crippen molar-refractivity contribution in [2.24, 2.45) is 12.5 Å². The Kier molecular flexibility index (Phi) is 7.73. The van der Waals surface area contributed by atoms with Crippen molar-refractivity contribution in [1.29, 1.82) is 0 Å². The third-order valence-electron chi connectivity index (χ3n) is 8.63. The van der Waals surface area contributed by atoms with E-state index < -0.39 is 5.41 Å². The summed E-state index contributed by atoms with van der Waals surface area (Å²) in [6, 6.07) is 12.7. The topological polar surface area (TPSA) is 73.1 Å². The lowest BCUT2D eigenvalue weighted by atomic mass is 9.68. The van der Waals surface area contributed by atoms with Crippen LogP contribution in [-0.4, -0.2) is 43.3 Å². The number of ketones is 1. The second-order valence-electron chi connectivity index (χ2n) is 11.7. The minimum Gasteiger partial charge on any atom is -0.489 e. The summed E-state index contributed by atoms with van der Waals surface area (Å²) in [7, 11) is 1.90. The first-order valence-corrected chi connectivity index (χ1v) is 14.3. The van der Waals surface area contributed by atoms with E-state index in [1.54, 1.807) is 11.6 Å². The molecule has 0 N–H and O–H groups in total. The molecule has 5 rings (SSSR count). The average Bonchev–Trinajstić information content (AvgIpc) is 3.19. The van der Waals surface area contributed by atoms with E-state index in [1.807, 2.05) is 33.2 Å². The fourth-order valence-corrected chi connectivity index (χ4v) is 5.99. The van der Waals surface area contributed by atoms with E-state index in [0.29, 0.717) is 5.15 Å². The van der Waals surface area contributed by atoms with E-state index in [-0.39, 0.29) is 17.8 Å². The van der Waals surface area contributed by atoms with E-state index in [4.69, 9.17) is 16.3 Å². The van der Waals surface area contributed by atoms with Crippen LogP contribution in [0.15, 0.2) is 42.6 Å². The number of hydrogen-bond acceptors (Lipinski definition) is 6. The molecule has 0 radical (unpaired) electrons. The van der Waals surface area contributed by atoms with Crippen LogP contribution in [0, 0.1) is 19.3 Å². The lowest BCUT2D eigenvalue weighted by Gasteiger charge is -2.35. The Hall–Kier alpha value is -3.29. The molecule has 0 saturated heterocycles. The predicted molar refractivity (Wildman–Crippen MR) is 159 cm³/mol. The van der Waals surface area contributed by atoms with Gasteiger partial charge in [-0.15, -0.1) is 5.10 Å². The molecule has 8 heteroatoms. The van der Waals surface area contributed by atoms with Crippen LogP contribution in [0.25, 0.3) is 11.0 Å². The summed E-state index contributed by atoms with van der Waals surface area (Å²) in [6.45, 7) is 14.5. The molecule has 2 aromatic carbocycles. The van der Waals surface area contributed by atoms with Gasteiger partial charge in [0.25, 0.3) is 0 Å². The van der Waals surface area contributed by atoms with E-state index in [2.05, 4.69) is 71.3 Å². The zero-order valence-corrected chi connectivity index (χ0v) is 25.2. The Morgan fingerprint density at radius 3 is 2.70 bits per heavy atom. The van der Waals surface area contributed by atoms with Crippen LogP contribution in [0.2, 0.25) is 5.15 Å². The van der Waals surface area contributed by atoms with Gasteiger partial charge in [0.2, 0.25) is 0 Å². The predicted octanol–water partition coefficient (Wildman–Crippen LogP) is 6.55. The lowest BCUT2D eigenvalue weighted by Crippen LogP contribution is -2.33. The quantitative estimate of drug-likeness (QED) is 0.239. The highest BCUT2D eigenvalue weighted by molar-refractivity contribution is 6.29. The van der Waals surface area contributed by atoms with Crippen molar-refractivity contribution >= 4 is 28.4 Å². The van der Waals surface area contributed by atoms with Crippen LogP contribution >= 0.6 is 11.6 Å². The van der Waals surface area contributed by atoms with Crippen molar-refractivity contribution in [3.05, 3.63) is 81.1 Å². The molecule has 210 valence electrons. The van der Waals surface area contributed by atoms with Crippen molar-refractivity contribution in [2.75, 3.05) is 6.54 Å². The first-order chi connectivity index (χ1) is 19.0. The van der Waals surface area contributed by atoms with E-state index in [0.717, 1.165) is 65.1 Å². The molecule has 1 aliphatic rings. The van der Waals surface area contributed by atoms with E-state index in [1.165, 1.54) is 11.1 Å². The molecule has 2 atom stereocenters. The number of hydrogen-bond donors (Lipinski definition) is 0. The summed E-state index contributed by atoms with van der Waals surface area (Å²) in [5.41, 5.74) is 8.02.